The van der Waals surface area contributed by atoms with Gasteiger partial charge in [-0.1, -0.05) is 0 Å². The van der Waals surface area contributed by atoms with E-state index in [1.165, 1.54) is 6.92 Å². The lowest BCUT2D eigenvalue weighted by molar-refractivity contribution is -0.114. The molecule has 0 aliphatic rings. The lowest BCUT2D eigenvalue weighted by atomic mass is 10.4. The van der Waals surface area contributed by atoms with Gasteiger partial charge in [0.25, 0.3) is 0 Å². The van der Waals surface area contributed by atoms with Crippen LogP contribution in [0.15, 0.2) is 4.47 Å². The maximum absolute atomic E-state index is 11.3. The number of rotatable bonds is 3. The van der Waals surface area contributed by atoms with Crippen molar-refractivity contribution in [1.82, 2.24) is 10.2 Å². The number of esters is 1. The fourth-order valence-corrected chi connectivity index (χ4v) is 1.35. The summed E-state index contributed by atoms with van der Waals surface area (Å²) in [6.45, 7) is 3.34. The van der Waals surface area contributed by atoms with Crippen LogP contribution in [0.3, 0.4) is 0 Å². The fourth-order valence-electron chi connectivity index (χ4n) is 0.916. The number of hydrogen-bond donors (Lipinski definition) is 2. The van der Waals surface area contributed by atoms with Crippen LogP contribution in [-0.2, 0) is 9.53 Å². The third kappa shape index (κ3) is 2.79. The number of aromatic nitrogens is 2. The predicted molar refractivity (Wildman–Crippen MR) is 56.5 cm³/mol. The van der Waals surface area contributed by atoms with Crippen LogP contribution in [0.1, 0.15) is 24.3 Å². The Labute approximate surface area is 94.5 Å². The van der Waals surface area contributed by atoms with Gasteiger partial charge in [0.1, 0.15) is 0 Å². The summed E-state index contributed by atoms with van der Waals surface area (Å²) in [4.78, 5) is 22.1. The van der Waals surface area contributed by atoms with E-state index in [4.69, 9.17) is 4.74 Å². The molecule has 2 N–H and O–H groups in total. The van der Waals surface area contributed by atoms with E-state index in [1.54, 1.807) is 6.92 Å². The number of anilines is 1. The minimum absolute atomic E-state index is 0.181. The van der Waals surface area contributed by atoms with E-state index in [9.17, 15) is 9.59 Å². The minimum atomic E-state index is -0.520. The third-order valence-corrected chi connectivity index (χ3v) is 2.25. The first-order valence-corrected chi connectivity index (χ1v) is 5.04. The van der Waals surface area contributed by atoms with Gasteiger partial charge in [0.15, 0.2) is 11.5 Å². The van der Waals surface area contributed by atoms with Gasteiger partial charge in [-0.2, -0.15) is 5.10 Å². The molecular formula is C8H10BrN3O3. The second-order valence-corrected chi connectivity index (χ2v) is 3.46. The van der Waals surface area contributed by atoms with Crippen molar-refractivity contribution in [3.63, 3.8) is 0 Å². The topological polar surface area (TPSA) is 84.1 Å². The lowest BCUT2D eigenvalue weighted by Crippen LogP contribution is -2.07. The van der Waals surface area contributed by atoms with E-state index >= 15 is 0 Å². The van der Waals surface area contributed by atoms with Gasteiger partial charge in [-0.15, -0.1) is 0 Å². The summed E-state index contributed by atoms with van der Waals surface area (Å²) in [6, 6.07) is 0. The molecule has 1 heterocycles. The molecule has 0 saturated heterocycles. The fraction of sp³-hybridized carbons (Fsp3) is 0.375. The maximum atomic E-state index is 11.3. The Balaban J connectivity index is 2.88. The Morgan fingerprint density at radius 1 is 1.60 bits per heavy atom. The smallest absolute Gasteiger partial charge is 0.357 e. The summed E-state index contributed by atoms with van der Waals surface area (Å²) in [5, 5.41) is 8.69. The first kappa shape index (κ1) is 11.7. The van der Waals surface area contributed by atoms with Crippen molar-refractivity contribution in [2.45, 2.75) is 13.8 Å². The number of aromatic amines is 1. The van der Waals surface area contributed by atoms with Gasteiger partial charge in [-0.3, -0.25) is 9.89 Å². The average molecular weight is 276 g/mol. The first-order chi connectivity index (χ1) is 7.06. The number of ether oxygens (including phenoxy) is 1. The van der Waals surface area contributed by atoms with Crippen LogP contribution in [0.2, 0.25) is 0 Å². The van der Waals surface area contributed by atoms with Crippen molar-refractivity contribution in [1.29, 1.82) is 0 Å². The molecule has 82 valence electrons. The molecule has 0 fully saturated rings. The number of halogens is 1. The second kappa shape index (κ2) is 4.92. The van der Waals surface area contributed by atoms with Crippen molar-refractivity contribution in [3.8, 4) is 0 Å². The number of nitrogens with one attached hydrogen (secondary N) is 2. The highest BCUT2D eigenvalue weighted by Crippen LogP contribution is 2.24. The Morgan fingerprint density at radius 3 is 2.80 bits per heavy atom. The van der Waals surface area contributed by atoms with Crippen molar-refractivity contribution in [3.05, 3.63) is 10.2 Å². The Kier molecular flexibility index (Phi) is 3.84. The van der Waals surface area contributed by atoms with Crippen LogP contribution in [0.4, 0.5) is 5.82 Å². The lowest BCUT2D eigenvalue weighted by Gasteiger charge is -1.99. The Hall–Kier alpha value is -1.37. The van der Waals surface area contributed by atoms with Gasteiger partial charge in [0, 0.05) is 6.92 Å². The molecule has 0 aliphatic heterocycles. The van der Waals surface area contributed by atoms with Gasteiger partial charge in [0.2, 0.25) is 5.91 Å². The van der Waals surface area contributed by atoms with E-state index < -0.39 is 5.97 Å². The molecule has 0 aliphatic carbocycles. The van der Waals surface area contributed by atoms with Crippen molar-refractivity contribution >= 4 is 33.6 Å². The summed E-state index contributed by atoms with van der Waals surface area (Å²) < 4.78 is 5.16. The zero-order chi connectivity index (χ0) is 11.4. The van der Waals surface area contributed by atoms with Crippen LogP contribution in [0, 0.1) is 0 Å². The van der Waals surface area contributed by atoms with Crippen molar-refractivity contribution in [2.75, 3.05) is 11.9 Å². The normalized spacial score (nSPS) is 9.80. The molecule has 1 rings (SSSR count). The number of nitrogens with zero attached hydrogens (tertiary/aromatic N) is 1. The van der Waals surface area contributed by atoms with E-state index in [1.807, 2.05) is 0 Å². The molecule has 0 atom stereocenters. The molecule has 0 bridgehead atoms. The molecule has 0 radical (unpaired) electrons. The van der Waals surface area contributed by atoms with Gasteiger partial charge in [-0.05, 0) is 22.9 Å². The van der Waals surface area contributed by atoms with Crippen LogP contribution in [0.25, 0.3) is 0 Å². The molecular weight excluding hydrogens is 266 g/mol. The van der Waals surface area contributed by atoms with Crippen LogP contribution >= 0.6 is 15.9 Å². The van der Waals surface area contributed by atoms with Crippen LogP contribution < -0.4 is 5.32 Å². The van der Waals surface area contributed by atoms with Gasteiger partial charge < -0.3 is 10.1 Å². The van der Waals surface area contributed by atoms with E-state index in [2.05, 4.69) is 31.4 Å². The van der Waals surface area contributed by atoms with Crippen LogP contribution in [0.5, 0.6) is 0 Å². The van der Waals surface area contributed by atoms with E-state index in [-0.39, 0.29) is 24.0 Å². The summed E-state index contributed by atoms with van der Waals surface area (Å²) in [6.07, 6.45) is 0. The van der Waals surface area contributed by atoms with Crippen molar-refractivity contribution in [2.24, 2.45) is 0 Å². The third-order valence-electron chi connectivity index (χ3n) is 1.48. The highest BCUT2D eigenvalue weighted by atomic mass is 79.9. The number of carbonyl (C=O) groups excluding carboxylic acids is 2. The molecule has 7 heteroatoms. The molecule has 1 aromatic rings. The minimum Gasteiger partial charge on any atom is -0.461 e. The quantitative estimate of drug-likeness (QED) is 0.815. The van der Waals surface area contributed by atoms with Gasteiger partial charge >= 0.3 is 5.97 Å². The number of hydrogen-bond acceptors (Lipinski definition) is 4. The summed E-state index contributed by atoms with van der Waals surface area (Å²) in [5.74, 6) is -0.517. The molecule has 6 nitrogen and oxygen atoms in total. The van der Waals surface area contributed by atoms with E-state index in [0.717, 1.165) is 0 Å². The maximum Gasteiger partial charge on any atom is 0.357 e. The molecule has 15 heavy (non-hydrogen) atoms. The Morgan fingerprint density at radius 2 is 2.27 bits per heavy atom. The van der Waals surface area contributed by atoms with E-state index in [0.29, 0.717) is 4.47 Å². The second-order valence-electron chi connectivity index (χ2n) is 2.66. The zero-order valence-corrected chi connectivity index (χ0v) is 9.84. The molecule has 0 spiro atoms. The zero-order valence-electron chi connectivity index (χ0n) is 8.26. The molecule has 1 aromatic heterocycles. The largest absolute Gasteiger partial charge is 0.461 e. The van der Waals surface area contributed by atoms with Gasteiger partial charge in [0.05, 0.1) is 11.1 Å². The van der Waals surface area contributed by atoms with Gasteiger partial charge in [-0.25, -0.2) is 4.79 Å². The first-order valence-electron chi connectivity index (χ1n) is 4.24. The summed E-state index contributed by atoms with van der Waals surface area (Å²) in [7, 11) is 0. The molecule has 1 amide bonds. The number of H-pyrrole nitrogens is 1. The highest BCUT2D eigenvalue weighted by Gasteiger charge is 2.18. The SMILES string of the molecule is CCOC(=O)c1[nH]nc(NC(C)=O)c1Br. The summed E-state index contributed by atoms with van der Waals surface area (Å²) >= 11 is 3.14. The predicted octanol–water partition coefficient (Wildman–Crippen LogP) is 1.31. The molecule has 0 saturated carbocycles. The highest BCUT2D eigenvalue weighted by molar-refractivity contribution is 9.10. The Bertz CT molecular complexity index is 388. The number of carbonyl (C=O) groups is 2. The standard InChI is InChI=1S/C8H10BrN3O3/c1-3-15-8(14)6-5(9)7(12-11-6)10-4(2)13/h3H2,1-2H3,(H2,10,11,12,13). The molecule has 0 aromatic carbocycles. The average Bonchev–Trinajstić information content (AvgIpc) is 2.48. The summed E-state index contributed by atoms with van der Waals surface area (Å²) in [5.41, 5.74) is 0.181. The monoisotopic (exact) mass is 275 g/mol. The van der Waals surface area contributed by atoms with Crippen LogP contribution in [-0.4, -0.2) is 28.7 Å². The van der Waals surface area contributed by atoms with Crippen molar-refractivity contribution < 1.29 is 14.3 Å². The molecule has 0 unspecified atom stereocenters. The number of amides is 1.